The average molecular weight is 411 g/mol. The number of carboxylic acids is 1. The summed E-state index contributed by atoms with van der Waals surface area (Å²) in [5.41, 5.74) is 0. The zero-order valence-corrected chi connectivity index (χ0v) is 18.9. The molecule has 0 atom stereocenters. The molecule has 0 spiro atoms. The monoisotopic (exact) mass is 410 g/mol. The third-order valence-electron chi connectivity index (χ3n) is 4.41. The molecule has 0 radical (unpaired) electrons. The van der Waals surface area contributed by atoms with Crippen LogP contribution < -0.4 is 0 Å². The van der Waals surface area contributed by atoms with Crippen molar-refractivity contribution in [3.63, 3.8) is 0 Å². The predicted molar refractivity (Wildman–Crippen MR) is 133 cm³/mol. The lowest BCUT2D eigenvalue weighted by atomic mass is 10.1. The minimum Gasteiger partial charge on any atom is -0.481 e. The predicted octanol–water partition coefficient (Wildman–Crippen LogP) is 8.67. The second-order valence-electron chi connectivity index (χ2n) is 7.22. The lowest BCUT2D eigenvalue weighted by molar-refractivity contribution is -0.137. The van der Waals surface area contributed by atoms with Crippen LogP contribution >= 0.6 is 0 Å². The molecule has 0 saturated carbocycles. The van der Waals surface area contributed by atoms with Crippen LogP contribution in [0.3, 0.4) is 0 Å². The van der Waals surface area contributed by atoms with Crippen molar-refractivity contribution >= 4 is 5.97 Å². The summed E-state index contributed by atoms with van der Waals surface area (Å²) >= 11 is 0. The number of unbranched alkanes of at least 4 members (excludes halogenated alkanes) is 7. The maximum Gasteiger partial charge on any atom is 0.303 e. The van der Waals surface area contributed by atoms with Gasteiger partial charge in [0, 0.05) is 6.42 Å². The summed E-state index contributed by atoms with van der Waals surface area (Å²) in [6.45, 7) is 2.07. The average Bonchev–Trinajstić information content (AvgIpc) is 2.73. The molecule has 0 aromatic carbocycles. The molecule has 0 rings (SSSR count). The first-order chi connectivity index (χ1) is 14.8. The van der Waals surface area contributed by atoms with Crippen LogP contribution in [0, 0.1) is 0 Å². The Bertz CT molecular complexity index is 586. The Kier molecular flexibility index (Phi) is 22.8. The second kappa shape index (κ2) is 24.7. The molecule has 1 N–H and O–H groups in total. The summed E-state index contributed by atoms with van der Waals surface area (Å²) in [6, 6.07) is 0. The van der Waals surface area contributed by atoms with Gasteiger partial charge in [0.1, 0.15) is 0 Å². The van der Waals surface area contributed by atoms with Crippen molar-refractivity contribution in [1.82, 2.24) is 0 Å². The van der Waals surface area contributed by atoms with E-state index >= 15 is 0 Å². The van der Waals surface area contributed by atoms with Crippen molar-refractivity contribution in [1.29, 1.82) is 0 Å². The molecule has 0 amide bonds. The summed E-state index contributed by atoms with van der Waals surface area (Å²) in [4.78, 5) is 10.4. The number of aliphatic carboxylic acids is 1. The zero-order valence-electron chi connectivity index (χ0n) is 18.9. The molecule has 0 unspecified atom stereocenters. The molecule has 0 aliphatic rings. The number of carbonyl (C=O) groups is 1. The third-order valence-corrected chi connectivity index (χ3v) is 4.41. The van der Waals surface area contributed by atoms with Gasteiger partial charge >= 0.3 is 5.97 Å². The molecule has 30 heavy (non-hydrogen) atoms. The highest BCUT2D eigenvalue weighted by atomic mass is 16.4. The minimum absolute atomic E-state index is 0.297. The van der Waals surface area contributed by atoms with Crippen molar-refractivity contribution in [2.45, 2.75) is 84.0 Å². The lowest BCUT2D eigenvalue weighted by Gasteiger charge is -1.96. The summed E-state index contributed by atoms with van der Waals surface area (Å²) in [6.07, 6.45) is 42.3. The van der Waals surface area contributed by atoms with E-state index in [0.29, 0.717) is 6.42 Å². The fraction of sp³-hybridized carbons (Fsp3) is 0.464. The first-order valence-electron chi connectivity index (χ1n) is 11.5. The van der Waals surface area contributed by atoms with Crippen LogP contribution in [0.25, 0.3) is 0 Å². The normalized spacial score (nSPS) is 13.1. The largest absolute Gasteiger partial charge is 0.481 e. The Balaban J connectivity index is 3.51. The van der Waals surface area contributed by atoms with Crippen molar-refractivity contribution < 1.29 is 9.90 Å². The van der Waals surface area contributed by atoms with Crippen LogP contribution in [-0.4, -0.2) is 11.1 Å². The second-order valence-corrected chi connectivity index (χ2v) is 7.22. The molecule has 0 aromatic rings. The number of carboxylic acid groups (broad SMARTS) is 1. The van der Waals surface area contributed by atoms with Gasteiger partial charge in [0.2, 0.25) is 0 Å². The first kappa shape index (κ1) is 27.6. The SMILES string of the molecule is C/C=C/CC/C=C/CC/C=C/CC/C=C/C=C/C=C/C=C/CCCCCCC(=O)O. The Labute approximate surface area is 185 Å². The van der Waals surface area contributed by atoms with Gasteiger partial charge in [0.15, 0.2) is 0 Å². The van der Waals surface area contributed by atoms with E-state index < -0.39 is 5.97 Å². The van der Waals surface area contributed by atoms with E-state index in [1.807, 2.05) is 18.2 Å². The fourth-order valence-electron chi connectivity index (χ4n) is 2.71. The standard InChI is InChI=1S/C28H42O2/c1-2-3-4-5-6-7-8-9-10-11-12-13-14-15-16-17-18-19-20-21-22-23-24-25-26-27-28(29)30/h2-3,6-7,10-11,14-21H,4-5,8-9,12-13,22-27H2,1H3,(H,29,30)/b3-2+,7-6+,11-10+,15-14+,17-16+,19-18+,21-20+. The Morgan fingerprint density at radius 3 is 1.50 bits per heavy atom. The highest BCUT2D eigenvalue weighted by molar-refractivity contribution is 5.66. The van der Waals surface area contributed by atoms with Crippen LogP contribution in [-0.2, 0) is 4.79 Å². The van der Waals surface area contributed by atoms with Crippen LogP contribution in [0.15, 0.2) is 85.1 Å². The molecule has 0 aliphatic carbocycles. The van der Waals surface area contributed by atoms with Gasteiger partial charge in [-0.3, -0.25) is 4.79 Å². The molecule has 0 bridgehead atoms. The van der Waals surface area contributed by atoms with E-state index in [1.165, 1.54) is 0 Å². The van der Waals surface area contributed by atoms with Gasteiger partial charge in [-0.2, -0.15) is 0 Å². The molecule has 2 nitrogen and oxygen atoms in total. The van der Waals surface area contributed by atoms with Crippen LogP contribution in [0.2, 0.25) is 0 Å². The topological polar surface area (TPSA) is 37.3 Å². The van der Waals surface area contributed by atoms with E-state index in [9.17, 15) is 4.79 Å². The highest BCUT2D eigenvalue weighted by Gasteiger charge is 1.95. The van der Waals surface area contributed by atoms with Crippen molar-refractivity contribution in [3.05, 3.63) is 85.1 Å². The van der Waals surface area contributed by atoms with E-state index in [0.717, 1.165) is 70.6 Å². The Hall–Kier alpha value is -2.35. The van der Waals surface area contributed by atoms with E-state index in [4.69, 9.17) is 5.11 Å². The Morgan fingerprint density at radius 2 is 0.967 bits per heavy atom. The minimum atomic E-state index is -0.690. The number of hydrogen-bond acceptors (Lipinski definition) is 1. The first-order valence-corrected chi connectivity index (χ1v) is 11.5. The van der Waals surface area contributed by atoms with Gasteiger partial charge in [0.25, 0.3) is 0 Å². The molecule has 0 aliphatic heterocycles. The molecule has 0 saturated heterocycles. The maximum absolute atomic E-state index is 10.4. The molecule has 0 heterocycles. The van der Waals surface area contributed by atoms with Gasteiger partial charge < -0.3 is 5.11 Å². The van der Waals surface area contributed by atoms with Crippen molar-refractivity contribution in [2.75, 3.05) is 0 Å². The van der Waals surface area contributed by atoms with Gasteiger partial charge in [0.05, 0.1) is 0 Å². The number of rotatable bonds is 19. The van der Waals surface area contributed by atoms with E-state index in [2.05, 4.69) is 73.8 Å². The molecular weight excluding hydrogens is 368 g/mol. The summed E-state index contributed by atoms with van der Waals surface area (Å²) in [5, 5.41) is 8.56. The molecule has 166 valence electrons. The maximum atomic E-state index is 10.4. The summed E-state index contributed by atoms with van der Waals surface area (Å²) in [7, 11) is 0. The Morgan fingerprint density at radius 1 is 0.533 bits per heavy atom. The van der Waals surface area contributed by atoms with Crippen LogP contribution in [0.4, 0.5) is 0 Å². The summed E-state index contributed by atoms with van der Waals surface area (Å²) in [5.74, 6) is -0.690. The summed E-state index contributed by atoms with van der Waals surface area (Å²) < 4.78 is 0. The number of hydrogen-bond donors (Lipinski definition) is 1. The fourth-order valence-corrected chi connectivity index (χ4v) is 2.71. The van der Waals surface area contributed by atoms with Gasteiger partial charge in [-0.1, -0.05) is 97.9 Å². The zero-order chi connectivity index (χ0) is 22.0. The molecule has 0 fully saturated rings. The van der Waals surface area contributed by atoms with Gasteiger partial charge in [-0.05, 0) is 64.7 Å². The smallest absolute Gasteiger partial charge is 0.303 e. The lowest BCUT2D eigenvalue weighted by Crippen LogP contribution is -1.93. The highest BCUT2D eigenvalue weighted by Crippen LogP contribution is 2.06. The third kappa shape index (κ3) is 25.6. The molecular formula is C28H42O2. The molecule has 2 heteroatoms. The van der Waals surface area contributed by atoms with Gasteiger partial charge in [-0.25, -0.2) is 0 Å². The van der Waals surface area contributed by atoms with Crippen LogP contribution in [0.5, 0.6) is 0 Å². The van der Waals surface area contributed by atoms with Crippen LogP contribution in [0.1, 0.15) is 84.0 Å². The van der Waals surface area contributed by atoms with E-state index in [-0.39, 0.29) is 0 Å². The van der Waals surface area contributed by atoms with E-state index in [1.54, 1.807) is 0 Å². The van der Waals surface area contributed by atoms with Crippen molar-refractivity contribution in [3.8, 4) is 0 Å². The number of allylic oxidation sites excluding steroid dienone is 14. The van der Waals surface area contributed by atoms with Crippen molar-refractivity contribution in [2.24, 2.45) is 0 Å². The van der Waals surface area contributed by atoms with Gasteiger partial charge in [-0.15, -0.1) is 0 Å². The molecule has 0 aromatic heterocycles. The quantitative estimate of drug-likeness (QED) is 0.131.